The molecule has 2 heterocycles. The van der Waals surface area contributed by atoms with Crippen LogP contribution >= 0.6 is 23.6 Å². The highest BCUT2D eigenvalue weighted by Crippen LogP contribution is 2.32. The third-order valence-electron chi connectivity index (χ3n) is 3.25. The standard InChI is InChI=1S/C13H11N3O4S2/c1-19-7-3-5-6(4-8(7)20-2)16-11(15-12(5)18)9(10(14)17)22-13(16)21/h3-4H,1-2H3,(H2,14,17)(H,15,18). The van der Waals surface area contributed by atoms with Crippen LogP contribution in [0.4, 0.5) is 0 Å². The van der Waals surface area contributed by atoms with Gasteiger partial charge in [-0.15, -0.1) is 0 Å². The highest BCUT2D eigenvalue weighted by molar-refractivity contribution is 7.73. The molecule has 2 aromatic heterocycles. The average Bonchev–Trinajstić information content (AvgIpc) is 2.83. The van der Waals surface area contributed by atoms with Gasteiger partial charge in [0.2, 0.25) is 0 Å². The Kier molecular flexibility index (Phi) is 3.38. The van der Waals surface area contributed by atoms with Crippen LogP contribution in [-0.2, 0) is 0 Å². The molecule has 0 spiro atoms. The maximum Gasteiger partial charge on any atom is 0.262 e. The van der Waals surface area contributed by atoms with E-state index in [-0.39, 0.29) is 16.1 Å². The van der Waals surface area contributed by atoms with Crippen LogP contribution in [0.3, 0.4) is 0 Å². The van der Waals surface area contributed by atoms with Gasteiger partial charge in [-0.3, -0.25) is 14.0 Å². The molecule has 114 valence electrons. The third-order valence-corrected chi connectivity index (χ3v) is 4.64. The van der Waals surface area contributed by atoms with E-state index in [0.717, 1.165) is 11.3 Å². The smallest absolute Gasteiger partial charge is 0.262 e. The number of methoxy groups -OCH3 is 2. The van der Waals surface area contributed by atoms with Gasteiger partial charge < -0.3 is 20.2 Å². The Labute approximate surface area is 132 Å². The Morgan fingerprint density at radius 3 is 2.55 bits per heavy atom. The maximum absolute atomic E-state index is 12.3. The van der Waals surface area contributed by atoms with Crippen LogP contribution in [0.2, 0.25) is 0 Å². The van der Waals surface area contributed by atoms with Gasteiger partial charge in [-0.1, -0.05) is 11.3 Å². The first-order chi connectivity index (χ1) is 10.5. The lowest BCUT2D eigenvalue weighted by Gasteiger charge is -2.10. The Morgan fingerprint density at radius 1 is 1.32 bits per heavy atom. The number of amides is 1. The number of H-pyrrole nitrogens is 1. The second-order valence-corrected chi connectivity index (χ2v) is 6.07. The lowest BCUT2D eigenvalue weighted by molar-refractivity contribution is 0.100. The number of nitrogens with zero attached hydrogens (tertiary/aromatic N) is 1. The number of primary amides is 1. The van der Waals surface area contributed by atoms with Gasteiger partial charge in [0.1, 0.15) is 10.5 Å². The Balaban J connectivity index is 2.58. The van der Waals surface area contributed by atoms with Crippen LogP contribution < -0.4 is 20.8 Å². The van der Waals surface area contributed by atoms with Gasteiger partial charge in [-0.2, -0.15) is 0 Å². The first kappa shape index (κ1) is 14.5. The number of nitrogens with two attached hydrogens (primary N) is 1. The van der Waals surface area contributed by atoms with Gasteiger partial charge >= 0.3 is 0 Å². The van der Waals surface area contributed by atoms with E-state index in [4.69, 9.17) is 27.4 Å². The zero-order chi connectivity index (χ0) is 16.0. The van der Waals surface area contributed by atoms with Crippen LogP contribution in [0.5, 0.6) is 11.5 Å². The predicted molar refractivity (Wildman–Crippen MR) is 85.9 cm³/mol. The minimum Gasteiger partial charge on any atom is -0.493 e. The molecule has 7 nitrogen and oxygen atoms in total. The quantitative estimate of drug-likeness (QED) is 0.709. The van der Waals surface area contributed by atoms with Crippen LogP contribution in [0, 0.1) is 3.95 Å². The number of carbonyl (C=O) groups excluding carboxylic acids is 1. The molecule has 0 radical (unpaired) electrons. The highest BCUT2D eigenvalue weighted by Gasteiger charge is 2.17. The normalized spacial score (nSPS) is 11.0. The minimum atomic E-state index is -0.644. The van der Waals surface area contributed by atoms with Gasteiger partial charge in [0.15, 0.2) is 15.5 Å². The van der Waals surface area contributed by atoms with E-state index in [0.29, 0.717) is 26.4 Å². The van der Waals surface area contributed by atoms with Crippen molar-refractivity contribution in [3.05, 3.63) is 31.3 Å². The molecule has 0 aliphatic carbocycles. The minimum absolute atomic E-state index is 0.207. The number of carbonyl (C=O) groups is 1. The van der Waals surface area contributed by atoms with Gasteiger partial charge in [0, 0.05) is 6.07 Å². The van der Waals surface area contributed by atoms with Gasteiger partial charge in [-0.05, 0) is 18.3 Å². The largest absolute Gasteiger partial charge is 0.493 e. The topological polar surface area (TPSA) is 98.8 Å². The molecule has 1 amide bonds. The molecule has 0 aliphatic heterocycles. The molecule has 0 saturated heterocycles. The van der Waals surface area contributed by atoms with E-state index < -0.39 is 5.91 Å². The summed E-state index contributed by atoms with van der Waals surface area (Å²) in [6.07, 6.45) is 0. The second kappa shape index (κ2) is 5.11. The molecule has 3 rings (SSSR count). The number of benzene rings is 1. The number of fused-ring (bicyclic) bond motifs is 3. The summed E-state index contributed by atoms with van der Waals surface area (Å²) in [7, 11) is 2.98. The fourth-order valence-corrected chi connectivity index (χ4v) is 3.52. The molecular formula is C13H11N3O4S2. The van der Waals surface area contributed by atoms with Gasteiger partial charge in [0.05, 0.1) is 25.1 Å². The lowest BCUT2D eigenvalue weighted by Crippen LogP contribution is -2.14. The predicted octanol–water partition coefficient (Wildman–Crippen LogP) is 1.69. The molecule has 0 unspecified atom stereocenters. The summed E-state index contributed by atoms with van der Waals surface area (Å²) < 4.78 is 12.5. The molecule has 22 heavy (non-hydrogen) atoms. The Morgan fingerprint density at radius 2 is 1.95 bits per heavy atom. The van der Waals surface area contributed by atoms with Gasteiger partial charge in [0.25, 0.3) is 11.5 Å². The summed E-state index contributed by atoms with van der Waals surface area (Å²) in [4.78, 5) is 26.7. The Hall–Kier alpha value is -2.39. The van der Waals surface area contributed by atoms with Crippen LogP contribution in [0.15, 0.2) is 16.9 Å². The number of ether oxygens (including phenoxy) is 2. The van der Waals surface area contributed by atoms with Crippen molar-refractivity contribution in [2.45, 2.75) is 0 Å². The molecule has 0 aliphatic rings. The number of aromatic nitrogens is 2. The summed E-state index contributed by atoms with van der Waals surface area (Å²) in [5, 5.41) is 0.370. The number of hydrogen-bond acceptors (Lipinski definition) is 6. The van der Waals surface area contributed by atoms with Crippen molar-refractivity contribution in [2.75, 3.05) is 14.2 Å². The summed E-state index contributed by atoms with van der Waals surface area (Å²) in [5.74, 6) is 0.237. The number of rotatable bonds is 3. The summed E-state index contributed by atoms with van der Waals surface area (Å²) >= 11 is 6.33. The SMILES string of the molecule is COc1cc2c(=O)[nH]c3c(C(N)=O)sc(=S)n3c2cc1OC. The first-order valence-electron chi connectivity index (χ1n) is 6.11. The van der Waals surface area contributed by atoms with Crippen LogP contribution in [0.25, 0.3) is 16.6 Å². The van der Waals surface area contributed by atoms with Gasteiger partial charge in [-0.25, -0.2) is 0 Å². The summed E-state index contributed by atoms with van der Waals surface area (Å²) in [5.41, 5.74) is 5.77. The molecule has 0 bridgehead atoms. The van der Waals surface area contributed by atoms with E-state index >= 15 is 0 Å². The number of aromatic amines is 1. The molecule has 3 aromatic rings. The van der Waals surface area contributed by atoms with Crippen molar-refractivity contribution < 1.29 is 14.3 Å². The van der Waals surface area contributed by atoms with Crippen molar-refractivity contribution in [1.29, 1.82) is 0 Å². The third kappa shape index (κ3) is 1.97. The van der Waals surface area contributed by atoms with E-state index in [1.165, 1.54) is 14.2 Å². The van der Waals surface area contributed by atoms with E-state index in [1.54, 1.807) is 16.5 Å². The average molecular weight is 337 g/mol. The molecule has 0 atom stereocenters. The van der Waals surface area contributed by atoms with Crippen molar-refractivity contribution in [1.82, 2.24) is 9.38 Å². The summed E-state index contributed by atoms with van der Waals surface area (Å²) in [6.45, 7) is 0. The number of nitrogens with one attached hydrogen (secondary N) is 1. The summed E-state index contributed by atoms with van der Waals surface area (Å²) in [6, 6.07) is 3.21. The molecule has 3 N–H and O–H groups in total. The monoisotopic (exact) mass is 337 g/mol. The fraction of sp³-hybridized carbons (Fsp3) is 0.154. The van der Waals surface area contributed by atoms with E-state index in [1.807, 2.05) is 0 Å². The molecular weight excluding hydrogens is 326 g/mol. The highest BCUT2D eigenvalue weighted by atomic mass is 32.1. The van der Waals surface area contributed by atoms with Crippen molar-refractivity contribution in [2.24, 2.45) is 5.73 Å². The van der Waals surface area contributed by atoms with Crippen molar-refractivity contribution in [3.8, 4) is 11.5 Å². The molecule has 0 fully saturated rings. The lowest BCUT2D eigenvalue weighted by atomic mass is 10.2. The zero-order valence-electron chi connectivity index (χ0n) is 11.6. The first-order valence-corrected chi connectivity index (χ1v) is 7.33. The van der Waals surface area contributed by atoms with E-state index in [9.17, 15) is 9.59 Å². The number of hydrogen-bond donors (Lipinski definition) is 2. The molecule has 9 heteroatoms. The molecule has 1 aromatic carbocycles. The number of thiazole rings is 1. The zero-order valence-corrected chi connectivity index (χ0v) is 13.3. The van der Waals surface area contributed by atoms with Crippen molar-refractivity contribution in [3.63, 3.8) is 0 Å². The van der Waals surface area contributed by atoms with E-state index in [2.05, 4.69) is 4.98 Å². The second-order valence-electron chi connectivity index (χ2n) is 4.42. The Bertz CT molecular complexity index is 1030. The molecule has 0 saturated carbocycles. The maximum atomic E-state index is 12.3. The fourth-order valence-electron chi connectivity index (χ4n) is 2.28. The van der Waals surface area contributed by atoms with Crippen LogP contribution in [0.1, 0.15) is 9.67 Å². The van der Waals surface area contributed by atoms with Crippen molar-refractivity contribution >= 4 is 46.0 Å². The van der Waals surface area contributed by atoms with Crippen LogP contribution in [-0.4, -0.2) is 29.5 Å².